The minimum atomic E-state index is -0.510. The fourth-order valence-electron chi connectivity index (χ4n) is 3.33. The molecular formula is C20H29NO5. The highest BCUT2D eigenvalue weighted by molar-refractivity contribution is 5.69. The van der Waals surface area contributed by atoms with Gasteiger partial charge in [-0.15, -0.1) is 0 Å². The van der Waals surface area contributed by atoms with Gasteiger partial charge in [0.25, 0.3) is 0 Å². The van der Waals surface area contributed by atoms with Gasteiger partial charge in [0.1, 0.15) is 18.0 Å². The van der Waals surface area contributed by atoms with Crippen molar-refractivity contribution < 1.29 is 23.7 Å². The molecule has 0 radical (unpaired) electrons. The van der Waals surface area contributed by atoms with Crippen molar-refractivity contribution in [3.8, 4) is 17.2 Å². The molecule has 3 rings (SSSR count). The number of rotatable bonds is 3. The van der Waals surface area contributed by atoms with Crippen LogP contribution in [0.4, 0.5) is 4.79 Å². The van der Waals surface area contributed by atoms with E-state index in [0.717, 1.165) is 18.6 Å². The molecule has 1 aromatic rings. The Kier molecular flexibility index (Phi) is 5.21. The van der Waals surface area contributed by atoms with Gasteiger partial charge in [0, 0.05) is 12.6 Å². The van der Waals surface area contributed by atoms with Crippen molar-refractivity contribution in [3.63, 3.8) is 0 Å². The maximum absolute atomic E-state index is 12.5. The summed E-state index contributed by atoms with van der Waals surface area (Å²) in [5.41, 5.74) is -0.510. The molecule has 144 valence electrons. The molecule has 2 heterocycles. The zero-order chi connectivity index (χ0) is 18.9. The molecule has 1 saturated heterocycles. The van der Waals surface area contributed by atoms with Gasteiger partial charge in [0.05, 0.1) is 12.1 Å². The van der Waals surface area contributed by atoms with Crippen molar-refractivity contribution in [3.05, 3.63) is 18.2 Å². The number of nitrogens with zero attached hydrogens (tertiary/aromatic N) is 1. The number of ether oxygens (including phenoxy) is 4. The Labute approximate surface area is 155 Å². The first-order chi connectivity index (χ1) is 12.2. The molecule has 6 nitrogen and oxygen atoms in total. The van der Waals surface area contributed by atoms with Gasteiger partial charge >= 0.3 is 6.09 Å². The molecule has 1 aromatic carbocycles. The second kappa shape index (κ2) is 7.25. The first-order valence-electron chi connectivity index (χ1n) is 9.33. The molecule has 0 spiro atoms. The Morgan fingerprint density at radius 1 is 1.27 bits per heavy atom. The standard InChI is InChI=1S/C20H29NO5/c1-13(2)24-14-8-9-16-17(11-14)25-18(12-23-16)15-7-6-10-21(15)19(22)26-20(3,4)5/h8-9,11,13,15,18H,6-7,10,12H2,1-5H3/t15-,18-/m0/s1. The summed E-state index contributed by atoms with van der Waals surface area (Å²) in [5.74, 6) is 2.12. The third-order valence-electron chi connectivity index (χ3n) is 4.32. The third-order valence-corrected chi connectivity index (χ3v) is 4.32. The quantitative estimate of drug-likeness (QED) is 0.812. The van der Waals surface area contributed by atoms with Crippen molar-refractivity contribution in [2.75, 3.05) is 13.2 Å². The van der Waals surface area contributed by atoms with Gasteiger partial charge in [-0.3, -0.25) is 0 Å². The van der Waals surface area contributed by atoms with E-state index in [1.807, 2.05) is 52.8 Å². The zero-order valence-electron chi connectivity index (χ0n) is 16.3. The topological polar surface area (TPSA) is 57.2 Å². The Bertz CT molecular complexity index is 652. The van der Waals surface area contributed by atoms with E-state index < -0.39 is 5.60 Å². The third kappa shape index (κ3) is 4.34. The highest BCUT2D eigenvalue weighted by Crippen LogP contribution is 2.37. The summed E-state index contributed by atoms with van der Waals surface area (Å²) in [6.07, 6.45) is 1.40. The van der Waals surface area contributed by atoms with Crippen molar-refractivity contribution in [1.29, 1.82) is 0 Å². The molecule has 0 unspecified atom stereocenters. The minimum absolute atomic E-state index is 0.0485. The maximum Gasteiger partial charge on any atom is 0.410 e. The Morgan fingerprint density at radius 2 is 2.04 bits per heavy atom. The molecule has 6 heteroatoms. The van der Waals surface area contributed by atoms with Crippen LogP contribution in [0.1, 0.15) is 47.5 Å². The van der Waals surface area contributed by atoms with E-state index in [0.29, 0.717) is 24.7 Å². The molecule has 2 aliphatic heterocycles. The molecule has 26 heavy (non-hydrogen) atoms. The Balaban J connectivity index is 1.71. The molecule has 2 atom stereocenters. The van der Waals surface area contributed by atoms with Gasteiger partial charge in [-0.25, -0.2) is 4.79 Å². The van der Waals surface area contributed by atoms with Gasteiger partial charge in [-0.2, -0.15) is 0 Å². The van der Waals surface area contributed by atoms with Crippen LogP contribution >= 0.6 is 0 Å². The SMILES string of the molecule is CC(C)Oc1ccc2c(c1)O[C@H]([C@@H]1CCCN1C(=O)OC(C)(C)C)CO2. The lowest BCUT2D eigenvalue weighted by molar-refractivity contribution is -0.00471. The number of likely N-dealkylation sites (tertiary alicyclic amines) is 1. The summed E-state index contributed by atoms with van der Waals surface area (Å²) >= 11 is 0. The first kappa shape index (κ1) is 18.7. The second-order valence-corrected chi connectivity index (χ2v) is 8.13. The summed E-state index contributed by atoms with van der Waals surface area (Å²) in [6.45, 7) is 10.7. The van der Waals surface area contributed by atoms with Gasteiger partial charge in [0.2, 0.25) is 0 Å². The lowest BCUT2D eigenvalue weighted by Crippen LogP contribution is -2.50. The van der Waals surface area contributed by atoms with Crippen LogP contribution in [-0.2, 0) is 4.74 Å². The van der Waals surface area contributed by atoms with E-state index in [9.17, 15) is 4.79 Å². The number of carbonyl (C=O) groups is 1. The minimum Gasteiger partial charge on any atom is -0.491 e. The highest BCUT2D eigenvalue weighted by atomic mass is 16.6. The van der Waals surface area contributed by atoms with Crippen LogP contribution in [0.5, 0.6) is 17.2 Å². The van der Waals surface area contributed by atoms with Crippen molar-refractivity contribution >= 4 is 6.09 Å². The monoisotopic (exact) mass is 363 g/mol. The zero-order valence-corrected chi connectivity index (χ0v) is 16.3. The summed E-state index contributed by atoms with van der Waals surface area (Å²) in [5, 5.41) is 0. The molecule has 0 bridgehead atoms. The lowest BCUT2D eigenvalue weighted by atomic mass is 10.1. The summed E-state index contributed by atoms with van der Waals surface area (Å²) in [4.78, 5) is 14.3. The van der Waals surface area contributed by atoms with Gasteiger partial charge in [-0.1, -0.05) is 0 Å². The number of amides is 1. The first-order valence-corrected chi connectivity index (χ1v) is 9.33. The van der Waals surface area contributed by atoms with Crippen molar-refractivity contribution in [2.24, 2.45) is 0 Å². The summed E-state index contributed by atoms with van der Waals surface area (Å²) in [6, 6.07) is 5.55. The van der Waals surface area contributed by atoms with Crippen molar-refractivity contribution in [1.82, 2.24) is 4.90 Å². The van der Waals surface area contributed by atoms with E-state index in [-0.39, 0.29) is 24.3 Å². The maximum atomic E-state index is 12.5. The lowest BCUT2D eigenvalue weighted by Gasteiger charge is -2.35. The Morgan fingerprint density at radius 3 is 2.73 bits per heavy atom. The molecule has 0 saturated carbocycles. The van der Waals surface area contributed by atoms with E-state index in [4.69, 9.17) is 18.9 Å². The average Bonchev–Trinajstić information content (AvgIpc) is 3.01. The Hall–Kier alpha value is -2.11. The average molecular weight is 363 g/mol. The van der Waals surface area contributed by atoms with Gasteiger partial charge in [-0.05, 0) is 59.6 Å². The highest BCUT2D eigenvalue weighted by Gasteiger charge is 2.40. The molecule has 1 amide bonds. The summed E-state index contributed by atoms with van der Waals surface area (Å²) in [7, 11) is 0. The van der Waals surface area contributed by atoms with Crippen LogP contribution < -0.4 is 14.2 Å². The smallest absolute Gasteiger partial charge is 0.410 e. The molecule has 2 aliphatic rings. The molecular weight excluding hydrogens is 334 g/mol. The van der Waals surface area contributed by atoms with Crippen LogP contribution in [-0.4, -0.2) is 48.0 Å². The fourth-order valence-corrected chi connectivity index (χ4v) is 3.33. The fraction of sp³-hybridized carbons (Fsp3) is 0.650. The molecule has 0 N–H and O–H groups in total. The summed E-state index contributed by atoms with van der Waals surface area (Å²) < 4.78 is 23.4. The van der Waals surface area contributed by atoms with Gasteiger partial charge < -0.3 is 23.8 Å². The van der Waals surface area contributed by atoms with Crippen LogP contribution in [0.25, 0.3) is 0 Å². The molecule has 0 aromatic heterocycles. The van der Waals surface area contributed by atoms with E-state index >= 15 is 0 Å². The van der Waals surface area contributed by atoms with E-state index in [1.165, 1.54) is 0 Å². The number of hydrogen-bond acceptors (Lipinski definition) is 5. The van der Waals surface area contributed by atoms with Crippen LogP contribution in [0.2, 0.25) is 0 Å². The van der Waals surface area contributed by atoms with Crippen LogP contribution in [0.15, 0.2) is 18.2 Å². The predicted molar refractivity (Wildman–Crippen MR) is 98.1 cm³/mol. The number of fused-ring (bicyclic) bond motifs is 1. The number of carbonyl (C=O) groups excluding carboxylic acids is 1. The number of benzene rings is 1. The normalized spacial score (nSPS) is 22.5. The van der Waals surface area contributed by atoms with E-state index in [2.05, 4.69) is 0 Å². The predicted octanol–water partition coefficient (Wildman–Crippen LogP) is 4.01. The molecule has 0 aliphatic carbocycles. The van der Waals surface area contributed by atoms with Crippen LogP contribution in [0.3, 0.4) is 0 Å². The van der Waals surface area contributed by atoms with Crippen molar-refractivity contribution in [2.45, 2.75) is 71.3 Å². The largest absolute Gasteiger partial charge is 0.491 e. The second-order valence-electron chi connectivity index (χ2n) is 8.13. The van der Waals surface area contributed by atoms with Gasteiger partial charge in [0.15, 0.2) is 17.6 Å². The molecule has 1 fully saturated rings. The van der Waals surface area contributed by atoms with E-state index in [1.54, 1.807) is 4.90 Å². The van der Waals surface area contributed by atoms with Crippen LogP contribution in [0, 0.1) is 0 Å². The number of hydrogen-bond donors (Lipinski definition) is 0.